The van der Waals surface area contributed by atoms with Gasteiger partial charge in [0.2, 0.25) is 11.9 Å². The Morgan fingerprint density at radius 2 is 1.40 bits per heavy atom. The van der Waals surface area contributed by atoms with Crippen LogP contribution in [0.4, 0.5) is 17.5 Å². The molecule has 18 heteroatoms. The first-order valence-electron chi connectivity index (χ1n) is 17.6. The van der Waals surface area contributed by atoms with E-state index >= 15 is 0 Å². The molecule has 53 heavy (non-hydrogen) atoms. The molecule has 0 aliphatic heterocycles. The predicted molar refractivity (Wildman–Crippen MR) is 197 cm³/mol. The van der Waals surface area contributed by atoms with Gasteiger partial charge in [0.05, 0.1) is 77.9 Å². The van der Waals surface area contributed by atoms with Gasteiger partial charge in [0.25, 0.3) is 5.91 Å². The first kappa shape index (κ1) is 42.7. The second-order valence-corrected chi connectivity index (χ2v) is 12.4. The lowest BCUT2D eigenvalue weighted by Crippen LogP contribution is -2.41. The molecule has 0 aliphatic carbocycles. The van der Waals surface area contributed by atoms with E-state index in [1.807, 2.05) is 11.9 Å². The van der Waals surface area contributed by atoms with E-state index in [-0.39, 0.29) is 49.2 Å². The summed E-state index contributed by atoms with van der Waals surface area (Å²) < 4.78 is 27.3. The standard InChI is InChI=1S/C35H53N9O9/c1-24(2)10-12-49-14-16-51-18-20-53-21-19-52-17-15-50-13-11-38-29(45)9-8-28(34(47)48)41-33(46)25-4-6-27(7-5-25)44(3)23-26-22-39-32-30(40-26)31(36)42-35(37)43-32/h4-7,22,24,28H,8-21,23H2,1-3H3,(H,38,45)(H,41,46)(H,47,48)(H4,36,37,39,42,43). The van der Waals surface area contributed by atoms with Crippen LogP contribution in [0.5, 0.6) is 0 Å². The second kappa shape index (κ2) is 23.7. The fraction of sp³-hybridized carbons (Fsp3) is 0.571. The number of carbonyl (C=O) groups excluding carboxylic acids is 2. The summed E-state index contributed by atoms with van der Waals surface area (Å²) in [4.78, 5) is 55.5. The van der Waals surface area contributed by atoms with Crippen LogP contribution < -0.4 is 27.0 Å². The van der Waals surface area contributed by atoms with E-state index in [0.717, 1.165) is 18.7 Å². The fourth-order valence-electron chi connectivity index (χ4n) is 4.69. The maximum Gasteiger partial charge on any atom is 0.326 e. The average molecular weight is 744 g/mol. The van der Waals surface area contributed by atoms with Gasteiger partial charge < -0.3 is 55.8 Å². The number of carbonyl (C=O) groups is 3. The van der Waals surface area contributed by atoms with Crippen LogP contribution in [-0.2, 0) is 39.8 Å². The molecule has 0 saturated carbocycles. The minimum absolute atomic E-state index is 0.0135. The number of hydrogen-bond donors (Lipinski definition) is 5. The number of hydrogen-bond acceptors (Lipinski definition) is 15. The number of carboxylic acid groups (broad SMARTS) is 1. The van der Waals surface area contributed by atoms with E-state index in [9.17, 15) is 19.5 Å². The Morgan fingerprint density at radius 1 is 0.811 bits per heavy atom. The summed E-state index contributed by atoms with van der Waals surface area (Å²) in [5.74, 6) is -1.39. The van der Waals surface area contributed by atoms with Gasteiger partial charge in [0.15, 0.2) is 17.0 Å². The minimum Gasteiger partial charge on any atom is -0.480 e. The first-order chi connectivity index (χ1) is 25.5. The van der Waals surface area contributed by atoms with E-state index in [0.29, 0.717) is 82.2 Å². The summed E-state index contributed by atoms with van der Waals surface area (Å²) in [6.45, 7) is 9.67. The zero-order valence-electron chi connectivity index (χ0n) is 30.8. The number of fused-ring (bicyclic) bond motifs is 1. The van der Waals surface area contributed by atoms with E-state index in [4.69, 9.17) is 35.2 Å². The van der Waals surface area contributed by atoms with Crippen LogP contribution in [-0.4, -0.2) is 129 Å². The molecular weight excluding hydrogens is 690 g/mol. The van der Waals surface area contributed by atoms with Crippen LogP contribution in [0, 0.1) is 5.92 Å². The third-order valence-corrected chi connectivity index (χ3v) is 7.63. The van der Waals surface area contributed by atoms with Crippen LogP contribution in [0.1, 0.15) is 49.2 Å². The highest BCUT2D eigenvalue weighted by Gasteiger charge is 2.22. The summed E-state index contributed by atoms with van der Waals surface area (Å²) in [5, 5.41) is 14.8. The summed E-state index contributed by atoms with van der Waals surface area (Å²) in [7, 11) is 1.83. The lowest BCUT2D eigenvalue weighted by molar-refractivity contribution is -0.139. The lowest BCUT2D eigenvalue weighted by Gasteiger charge is -2.19. The van der Waals surface area contributed by atoms with Crippen molar-refractivity contribution < 1.29 is 43.2 Å². The molecule has 0 saturated heterocycles. The van der Waals surface area contributed by atoms with E-state index in [1.54, 1.807) is 30.5 Å². The molecule has 3 aromatic rings. The zero-order chi connectivity index (χ0) is 38.4. The van der Waals surface area contributed by atoms with Crippen molar-refractivity contribution in [2.45, 2.75) is 45.7 Å². The van der Waals surface area contributed by atoms with Crippen molar-refractivity contribution in [2.24, 2.45) is 5.92 Å². The van der Waals surface area contributed by atoms with E-state index in [2.05, 4.69) is 44.4 Å². The summed E-state index contributed by atoms with van der Waals surface area (Å²) in [5.41, 5.74) is 13.8. The quantitative estimate of drug-likeness (QED) is 0.0693. The number of nitrogens with zero attached hydrogens (tertiary/aromatic N) is 5. The number of benzene rings is 1. The Hall–Kier alpha value is -4.75. The number of rotatable bonds is 27. The number of amides is 2. The van der Waals surface area contributed by atoms with E-state index in [1.165, 1.54) is 0 Å². The molecule has 1 unspecified atom stereocenters. The Morgan fingerprint density at radius 3 is 1.98 bits per heavy atom. The second-order valence-electron chi connectivity index (χ2n) is 12.4. The average Bonchev–Trinajstić information content (AvgIpc) is 3.12. The summed E-state index contributed by atoms with van der Waals surface area (Å²) in [6.07, 6.45) is 2.43. The number of aromatic nitrogens is 4. The molecular formula is C35H53N9O9. The normalized spacial score (nSPS) is 11.8. The topological polar surface area (TPSA) is 248 Å². The first-order valence-corrected chi connectivity index (χ1v) is 17.6. The van der Waals surface area contributed by atoms with Crippen molar-refractivity contribution in [1.82, 2.24) is 30.6 Å². The summed E-state index contributed by atoms with van der Waals surface area (Å²) in [6, 6.07) is 5.35. The maximum absolute atomic E-state index is 12.8. The van der Waals surface area contributed by atoms with Gasteiger partial charge in [0.1, 0.15) is 6.04 Å². The monoisotopic (exact) mass is 743 g/mol. The molecule has 18 nitrogen and oxygen atoms in total. The smallest absolute Gasteiger partial charge is 0.326 e. The van der Waals surface area contributed by atoms with Gasteiger partial charge in [-0.15, -0.1) is 0 Å². The Balaban J connectivity index is 1.23. The molecule has 0 bridgehead atoms. The Kier molecular flexibility index (Phi) is 19.1. The highest BCUT2D eigenvalue weighted by Crippen LogP contribution is 2.19. The number of nitrogens with one attached hydrogen (secondary N) is 2. The van der Waals surface area contributed by atoms with Crippen molar-refractivity contribution in [3.8, 4) is 0 Å². The highest BCUT2D eigenvalue weighted by molar-refractivity contribution is 5.97. The van der Waals surface area contributed by atoms with Gasteiger partial charge in [-0.1, -0.05) is 13.8 Å². The molecule has 0 aliphatic rings. The predicted octanol–water partition coefficient (Wildman–Crippen LogP) is 1.43. The van der Waals surface area contributed by atoms with Gasteiger partial charge in [-0.25, -0.2) is 14.8 Å². The SMILES string of the molecule is CC(C)CCOCCOCCOCCOCCOCCNC(=O)CCC(NC(=O)c1ccc(N(C)Cc2cnc3nc(N)nc(N)c3n2)cc1)C(=O)O. The minimum atomic E-state index is -1.25. The molecule has 1 aromatic carbocycles. The summed E-state index contributed by atoms with van der Waals surface area (Å²) >= 11 is 0. The van der Waals surface area contributed by atoms with Crippen molar-refractivity contribution in [3.05, 3.63) is 41.7 Å². The van der Waals surface area contributed by atoms with Gasteiger partial charge in [0, 0.05) is 37.9 Å². The number of anilines is 3. The van der Waals surface area contributed by atoms with Gasteiger partial charge >= 0.3 is 5.97 Å². The molecule has 7 N–H and O–H groups in total. The largest absolute Gasteiger partial charge is 0.480 e. The van der Waals surface area contributed by atoms with Crippen molar-refractivity contribution in [1.29, 1.82) is 0 Å². The molecule has 0 fully saturated rings. The third-order valence-electron chi connectivity index (χ3n) is 7.63. The van der Waals surface area contributed by atoms with Crippen molar-refractivity contribution in [2.75, 3.05) is 96.0 Å². The number of carboxylic acids is 1. The maximum atomic E-state index is 12.8. The molecule has 3 rings (SSSR count). The molecule has 0 radical (unpaired) electrons. The lowest BCUT2D eigenvalue weighted by atomic mass is 10.1. The number of nitrogens with two attached hydrogens (primary N) is 2. The molecule has 2 heterocycles. The number of ether oxygens (including phenoxy) is 5. The molecule has 1 atom stereocenters. The van der Waals surface area contributed by atoms with Crippen molar-refractivity contribution in [3.63, 3.8) is 0 Å². The van der Waals surface area contributed by atoms with Crippen LogP contribution in [0.15, 0.2) is 30.5 Å². The number of aliphatic carboxylic acids is 1. The molecule has 0 spiro atoms. The van der Waals surface area contributed by atoms with Gasteiger partial charge in [-0.2, -0.15) is 9.97 Å². The van der Waals surface area contributed by atoms with Gasteiger partial charge in [-0.3, -0.25) is 9.59 Å². The van der Waals surface area contributed by atoms with Crippen molar-refractivity contribution >= 4 is 46.4 Å². The molecule has 292 valence electrons. The fourth-order valence-corrected chi connectivity index (χ4v) is 4.69. The van der Waals surface area contributed by atoms with Crippen LogP contribution in [0.3, 0.4) is 0 Å². The highest BCUT2D eigenvalue weighted by atomic mass is 16.6. The number of nitrogen functional groups attached to an aromatic ring is 2. The van der Waals surface area contributed by atoms with Crippen LogP contribution >= 0.6 is 0 Å². The molecule has 2 amide bonds. The van der Waals surface area contributed by atoms with Crippen LogP contribution in [0.2, 0.25) is 0 Å². The van der Waals surface area contributed by atoms with Crippen LogP contribution in [0.25, 0.3) is 11.2 Å². The van der Waals surface area contributed by atoms with E-state index < -0.39 is 17.9 Å². The molecule has 2 aromatic heterocycles. The Labute approximate surface area is 309 Å². The Bertz CT molecular complexity index is 1560. The zero-order valence-corrected chi connectivity index (χ0v) is 30.8. The third kappa shape index (κ3) is 16.6. The van der Waals surface area contributed by atoms with Gasteiger partial charge in [-0.05, 0) is 43.0 Å².